The summed E-state index contributed by atoms with van der Waals surface area (Å²) in [6.07, 6.45) is 0. The average molecular weight is 507 g/mol. The number of halogens is 1. The Hall–Kier alpha value is -3.62. The van der Waals surface area contributed by atoms with Crippen molar-refractivity contribution in [3.05, 3.63) is 88.9 Å². The van der Waals surface area contributed by atoms with Crippen LogP contribution in [0.15, 0.2) is 83.1 Å². The maximum Gasteiger partial charge on any atom is 0.308 e. The lowest BCUT2D eigenvalue weighted by molar-refractivity contribution is -0.131. The van der Waals surface area contributed by atoms with E-state index in [4.69, 9.17) is 21.3 Å². The highest BCUT2D eigenvalue weighted by molar-refractivity contribution is 7.99. The van der Waals surface area contributed by atoms with E-state index in [1.54, 1.807) is 31.2 Å². The van der Waals surface area contributed by atoms with Crippen molar-refractivity contribution in [3.63, 3.8) is 0 Å². The molecule has 0 saturated heterocycles. The van der Waals surface area contributed by atoms with E-state index in [2.05, 4.69) is 15.1 Å². The van der Waals surface area contributed by atoms with Crippen LogP contribution in [0.3, 0.4) is 0 Å². The Morgan fingerprint density at radius 3 is 2.49 bits per heavy atom. The molecule has 0 fully saturated rings. The Kier molecular flexibility index (Phi) is 7.84. The largest absolute Gasteiger partial charge is 0.427 e. The van der Waals surface area contributed by atoms with Crippen LogP contribution in [-0.4, -0.2) is 32.9 Å². The van der Waals surface area contributed by atoms with E-state index in [1.807, 2.05) is 48.5 Å². The van der Waals surface area contributed by atoms with Gasteiger partial charge < -0.3 is 9.30 Å². The van der Waals surface area contributed by atoms with Crippen LogP contribution in [-0.2, 0) is 16.1 Å². The third kappa shape index (κ3) is 6.29. The molecule has 35 heavy (non-hydrogen) atoms. The van der Waals surface area contributed by atoms with Gasteiger partial charge in [0.15, 0.2) is 5.16 Å². The van der Waals surface area contributed by atoms with E-state index in [9.17, 15) is 9.59 Å². The number of thioether (sulfide) groups is 1. The van der Waals surface area contributed by atoms with Crippen molar-refractivity contribution in [2.75, 3.05) is 5.75 Å². The minimum atomic E-state index is -0.381. The van der Waals surface area contributed by atoms with E-state index in [-0.39, 0.29) is 17.6 Å². The number of esters is 1. The molecule has 9 heteroatoms. The lowest BCUT2D eigenvalue weighted by Gasteiger charge is -2.10. The Balaban J connectivity index is 1.43. The summed E-state index contributed by atoms with van der Waals surface area (Å²) in [5.74, 6) is -0.0294. The van der Waals surface area contributed by atoms with Crippen LogP contribution in [0, 0.1) is 0 Å². The highest BCUT2D eigenvalue weighted by Gasteiger charge is 2.14. The second-order valence-corrected chi connectivity index (χ2v) is 9.05. The fourth-order valence-corrected chi connectivity index (χ4v) is 4.42. The maximum absolute atomic E-state index is 12.5. The minimum absolute atomic E-state index is 0.147. The Morgan fingerprint density at radius 1 is 1.03 bits per heavy atom. The Labute approximate surface area is 212 Å². The maximum atomic E-state index is 12.5. The van der Waals surface area contributed by atoms with Gasteiger partial charge in [-0.1, -0.05) is 53.7 Å². The molecule has 1 heterocycles. The minimum Gasteiger partial charge on any atom is -0.427 e. The quantitative estimate of drug-likeness (QED) is 0.115. The number of hydrazone groups is 1. The van der Waals surface area contributed by atoms with E-state index in [1.165, 1.54) is 18.7 Å². The van der Waals surface area contributed by atoms with Crippen LogP contribution in [0.5, 0.6) is 5.75 Å². The first-order valence-corrected chi connectivity index (χ1v) is 12.2. The molecule has 0 atom stereocenters. The molecule has 0 spiro atoms. The number of rotatable bonds is 8. The lowest BCUT2D eigenvalue weighted by atomic mass is 10.1. The molecule has 1 aromatic heterocycles. The molecule has 0 saturated carbocycles. The van der Waals surface area contributed by atoms with Crippen molar-refractivity contribution < 1.29 is 14.3 Å². The van der Waals surface area contributed by atoms with E-state index in [0.29, 0.717) is 23.0 Å². The average Bonchev–Trinajstić information content (AvgIpc) is 3.20. The molecule has 0 unspecified atom stereocenters. The predicted octanol–water partition coefficient (Wildman–Crippen LogP) is 5.30. The highest BCUT2D eigenvalue weighted by atomic mass is 35.5. The van der Waals surface area contributed by atoms with Gasteiger partial charge in [0.1, 0.15) is 5.75 Å². The van der Waals surface area contributed by atoms with Gasteiger partial charge in [0.2, 0.25) is 0 Å². The first kappa shape index (κ1) is 24.5. The van der Waals surface area contributed by atoms with Crippen LogP contribution in [0.2, 0.25) is 5.02 Å². The van der Waals surface area contributed by atoms with Gasteiger partial charge in [0.05, 0.1) is 29.0 Å². The number of para-hydroxylation sites is 2. The molecule has 178 valence electrons. The van der Waals surface area contributed by atoms with Gasteiger partial charge in [-0.3, -0.25) is 9.59 Å². The first-order chi connectivity index (χ1) is 16.9. The highest BCUT2D eigenvalue weighted by Crippen LogP contribution is 2.27. The SMILES string of the molecule is CC(=O)Oc1ccc(/C(C)=N\NC(=O)CSc2nc3ccccc3n2Cc2ccccc2Cl)cc1. The van der Waals surface area contributed by atoms with Crippen molar-refractivity contribution >= 4 is 52.0 Å². The van der Waals surface area contributed by atoms with Crippen LogP contribution in [0.1, 0.15) is 25.0 Å². The van der Waals surface area contributed by atoms with Gasteiger partial charge in [-0.2, -0.15) is 5.10 Å². The van der Waals surface area contributed by atoms with E-state index in [0.717, 1.165) is 27.3 Å². The first-order valence-electron chi connectivity index (χ1n) is 10.8. The molecule has 0 aliphatic heterocycles. The number of hydrogen-bond acceptors (Lipinski definition) is 6. The standard InChI is InChI=1S/C26H23ClN4O3S/c1-17(19-11-13-21(14-12-19)34-18(2)32)29-30-25(33)16-35-26-28-23-9-5-6-10-24(23)31(26)15-20-7-3-4-8-22(20)27/h3-14H,15-16H2,1-2H3,(H,30,33)/b29-17-. The number of amides is 1. The van der Waals surface area contributed by atoms with Crippen molar-refractivity contribution in [3.8, 4) is 5.75 Å². The normalized spacial score (nSPS) is 11.5. The van der Waals surface area contributed by atoms with Crippen LogP contribution >= 0.6 is 23.4 Å². The molecule has 7 nitrogen and oxygen atoms in total. The third-order valence-electron chi connectivity index (χ3n) is 5.12. The number of aromatic nitrogens is 2. The van der Waals surface area contributed by atoms with Crippen LogP contribution in [0.4, 0.5) is 0 Å². The number of nitrogens with one attached hydrogen (secondary N) is 1. The molecule has 0 aliphatic rings. The molecule has 4 rings (SSSR count). The zero-order valence-electron chi connectivity index (χ0n) is 19.2. The monoisotopic (exact) mass is 506 g/mol. The molecule has 0 radical (unpaired) electrons. The Bertz CT molecular complexity index is 1400. The third-order valence-corrected chi connectivity index (χ3v) is 6.47. The number of ether oxygens (including phenoxy) is 1. The van der Waals surface area contributed by atoms with Crippen molar-refractivity contribution in [1.82, 2.24) is 15.0 Å². The van der Waals surface area contributed by atoms with Crippen molar-refractivity contribution in [1.29, 1.82) is 0 Å². The van der Waals surface area contributed by atoms with Crippen LogP contribution < -0.4 is 10.2 Å². The summed E-state index contributed by atoms with van der Waals surface area (Å²) in [6.45, 7) is 3.68. The van der Waals surface area contributed by atoms with E-state index >= 15 is 0 Å². The van der Waals surface area contributed by atoms with Gasteiger partial charge in [-0.05, 0) is 60.5 Å². The predicted molar refractivity (Wildman–Crippen MR) is 139 cm³/mol. The molecular formula is C26H23ClN4O3S. The van der Waals surface area contributed by atoms with Gasteiger partial charge in [0.25, 0.3) is 5.91 Å². The summed E-state index contributed by atoms with van der Waals surface area (Å²) in [5, 5.41) is 5.60. The number of imidazole rings is 1. The van der Waals surface area contributed by atoms with Gasteiger partial charge in [-0.25, -0.2) is 10.4 Å². The van der Waals surface area contributed by atoms with Crippen molar-refractivity contribution in [2.45, 2.75) is 25.5 Å². The number of nitrogens with zero attached hydrogens (tertiary/aromatic N) is 3. The summed E-state index contributed by atoms with van der Waals surface area (Å²) in [5.41, 5.74) is 6.83. The fourth-order valence-electron chi connectivity index (χ4n) is 3.42. The molecule has 1 N–H and O–H groups in total. The number of carbonyl (C=O) groups excluding carboxylic acids is 2. The second-order valence-electron chi connectivity index (χ2n) is 7.70. The lowest BCUT2D eigenvalue weighted by Crippen LogP contribution is -2.21. The second kappa shape index (κ2) is 11.2. The van der Waals surface area contributed by atoms with Gasteiger partial charge >= 0.3 is 5.97 Å². The molecule has 1 amide bonds. The summed E-state index contributed by atoms with van der Waals surface area (Å²) >= 11 is 7.72. The number of carbonyl (C=O) groups is 2. The zero-order valence-corrected chi connectivity index (χ0v) is 20.8. The summed E-state index contributed by atoms with van der Waals surface area (Å²) < 4.78 is 7.09. The number of fused-ring (bicyclic) bond motifs is 1. The molecule has 0 bridgehead atoms. The summed E-state index contributed by atoms with van der Waals surface area (Å²) in [7, 11) is 0. The van der Waals surface area contributed by atoms with Crippen LogP contribution in [0.25, 0.3) is 11.0 Å². The van der Waals surface area contributed by atoms with E-state index < -0.39 is 0 Å². The number of hydrogen-bond donors (Lipinski definition) is 1. The fraction of sp³-hybridized carbons (Fsp3) is 0.154. The van der Waals surface area contributed by atoms with Crippen molar-refractivity contribution in [2.24, 2.45) is 5.10 Å². The molecule has 3 aromatic carbocycles. The van der Waals surface area contributed by atoms with Gasteiger partial charge in [-0.15, -0.1) is 0 Å². The smallest absolute Gasteiger partial charge is 0.308 e. The summed E-state index contributed by atoms with van der Waals surface area (Å²) in [4.78, 5) is 28.3. The zero-order chi connectivity index (χ0) is 24.8. The Morgan fingerprint density at radius 2 is 1.74 bits per heavy atom. The molecule has 4 aromatic rings. The number of benzene rings is 3. The molecular weight excluding hydrogens is 484 g/mol. The molecule has 0 aliphatic carbocycles. The van der Waals surface area contributed by atoms with Gasteiger partial charge in [0, 0.05) is 11.9 Å². The topological polar surface area (TPSA) is 85.6 Å². The summed E-state index contributed by atoms with van der Waals surface area (Å²) in [6, 6.07) is 22.4.